The Kier molecular flexibility index (Phi) is 11.1. The summed E-state index contributed by atoms with van der Waals surface area (Å²) in [6, 6.07) is 8.54. The lowest BCUT2D eigenvalue weighted by Crippen LogP contribution is -2.29. The zero-order valence-electron chi connectivity index (χ0n) is 18.3. The van der Waals surface area contributed by atoms with Crippen LogP contribution >= 0.6 is 0 Å². The van der Waals surface area contributed by atoms with Gasteiger partial charge < -0.3 is 15.0 Å². The van der Waals surface area contributed by atoms with E-state index < -0.39 is 0 Å². The molecule has 1 fully saturated rings. The van der Waals surface area contributed by atoms with Gasteiger partial charge >= 0.3 is 6.03 Å². The number of benzene rings is 1. The molecule has 1 unspecified atom stereocenters. The Morgan fingerprint density at radius 2 is 2.04 bits per heavy atom. The van der Waals surface area contributed by atoms with Gasteiger partial charge in [0, 0.05) is 19.1 Å². The van der Waals surface area contributed by atoms with Gasteiger partial charge in [0.25, 0.3) is 0 Å². The monoisotopic (exact) mass is 386 g/mol. The number of nitrogens with one attached hydrogen (secondary N) is 1. The van der Waals surface area contributed by atoms with Crippen LogP contribution in [0, 0.1) is 5.92 Å². The lowest BCUT2D eigenvalue weighted by atomic mass is 10.0. The fourth-order valence-electron chi connectivity index (χ4n) is 3.03. The van der Waals surface area contributed by atoms with Crippen molar-refractivity contribution in [3.63, 3.8) is 0 Å². The first-order chi connectivity index (χ1) is 13.4. The number of hydrogen-bond acceptors (Lipinski definition) is 2. The molecule has 0 aliphatic carbocycles. The minimum absolute atomic E-state index is 0.0654. The van der Waals surface area contributed by atoms with Crippen molar-refractivity contribution in [1.82, 2.24) is 10.2 Å². The van der Waals surface area contributed by atoms with Crippen LogP contribution < -0.4 is 10.1 Å². The van der Waals surface area contributed by atoms with Crippen molar-refractivity contribution in [3.05, 3.63) is 54.1 Å². The highest BCUT2D eigenvalue weighted by Crippen LogP contribution is 2.16. The number of allylic oxidation sites excluding steroid dienone is 2. The zero-order chi connectivity index (χ0) is 20.9. The number of urea groups is 1. The maximum Gasteiger partial charge on any atom is 0.318 e. The lowest BCUT2D eigenvalue weighted by Gasteiger charge is -2.14. The topological polar surface area (TPSA) is 41.6 Å². The van der Waals surface area contributed by atoms with Crippen LogP contribution in [-0.4, -0.2) is 37.2 Å². The summed E-state index contributed by atoms with van der Waals surface area (Å²) in [6.45, 7) is 13.6. The quantitative estimate of drug-likeness (QED) is 0.562. The lowest BCUT2D eigenvalue weighted by molar-refractivity contribution is 0.221. The summed E-state index contributed by atoms with van der Waals surface area (Å²) >= 11 is 0. The van der Waals surface area contributed by atoms with Gasteiger partial charge in [-0.3, -0.25) is 0 Å². The van der Waals surface area contributed by atoms with E-state index in [9.17, 15) is 4.79 Å². The van der Waals surface area contributed by atoms with Crippen molar-refractivity contribution in [2.24, 2.45) is 5.92 Å². The molecule has 0 spiro atoms. The van der Waals surface area contributed by atoms with E-state index >= 15 is 0 Å². The molecule has 2 rings (SSSR count). The number of carbonyl (C=O) groups excluding carboxylic acids is 1. The van der Waals surface area contributed by atoms with E-state index in [1.807, 2.05) is 30.0 Å². The van der Waals surface area contributed by atoms with Gasteiger partial charge in [-0.25, -0.2) is 4.79 Å². The predicted molar refractivity (Wildman–Crippen MR) is 119 cm³/mol. The number of ether oxygens (including phenoxy) is 1. The van der Waals surface area contributed by atoms with Gasteiger partial charge in [0.1, 0.15) is 5.75 Å². The van der Waals surface area contributed by atoms with E-state index in [1.165, 1.54) is 11.1 Å². The Hall–Kier alpha value is -2.23. The summed E-state index contributed by atoms with van der Waals surface area (Å²) in [6.07, 6.45) is 8.27. The third-order valence-electron chi connectivity index (χ3n) is 4.80. The molecule has 1 N–H and O–H groups in total. The van der Waals surface area contributed by atoms with Gasteiger partial charge in [-0.05, 0) is 63.1 Å². The van der Waals surface area contributed by atoms with E-state index in [2.05, 4.69) is 50.9 Å². The van der Waals surface area contributed by atoms with Crippen molar-refractivity contribution >= 4 is 6.03 Å². The summed E-state index contributed by atoms with van der Waals surface area (Å²) in [5.41, 5.74) is 2.54. The van der Waals surface area contributed by atoms with Crippen molar-refractivity contribution < 1.29 is 9.53 Å². The van der Waals surface area contributed by atoms with Gasteiger partial charge in [0.05, 0.1) is 7.11 Å². The second-order valence-electron chi connectivity index (χ2n) is 7.82. The molecule has 4 nitrogen and oxygen atoms in total. The highest BCUT2D eigenvalue weighted by Gasteiger charge is 2.27. The van der Waals surface area contributed by atoms with Gasteiger partial charge in [0.15, 0.2) is 0 Å². The van der Waals surface area contributed by atoms with Crippen LogP contribution in [0.3, 0.4) is 0 Å². The molecule has 2 amide bonds. The molecule has 1 heterocycles. The number of carbonyl (C=O) groups is 1. The number of methoxy groups -OCH3 is 1. The molecule has 0 aromatic heterocycles. The molecule has 1 aromatic rings. The first-order valence-electron chi connectivity index (χ1n) is 10.3. The average molecular weight is 387 g/mol. The van der Waals surface area contributed by atoms with Crippen LogP contribution in [0.4, 0.5) is 4.79 Å². The van der Waals surface area contributed by atoms with Gasteiger partial charge in [-0.15, -0.1) is 6.58 Å². The molecule has 0 saturated carbocycles. The van der Waals surface area contributed by atoms with Gasteiger partial charge in [-0.2, -0.15) is 0 Å². The van der Waals surface area contributed by atoms with Crippen molar-refractivity contribution in [3.8, 4) is 5.75 Å². The molecule has 28 heavy (non-hydrogen) atoms. The summed E-state index contributed by atoms with van der Waals surface area (Å²) < 4.78 is 5.16. The van der Waals surface area contributed by atoms with E-state index in [4.69, 9.17) is 4.74 Å². The van der Waals surface area contributed by atoms with Crippen LogP contribution in [0.5, 0.6) is 5.75 Å². The van der Waals surface area contributed by atoms with E-state index in [1.54, 1.807) is 7.11 Å². The third kappa shape index (κ3) is 9.12. The van der Waals surface area contributed by atoms with Crippen molar-refractivity contribution in [1.29, 1.82) is 0 Å². The summed E-state index contributed by atoms with van der Waals surface area (Å²) in [7, 11) is 1.68. The molecule has 156 valence electrons. The molecule has 0 radical (unpaired) electrons. The summed E-state index contributed by atoms with van der Waals surface area (Å²) in [5.74, 6) is 1.67. The predicted octanol–water partition coefficient (Wildman–Crippen LogP) is 5.60. The van der Waals surface area contributed by atoms with E-state index in [0.29, 0.717) is 0 Å². The average Bonchev–Trinajstić information content (AvgIpc) is 3.01. The van der Waals surface area contributed by atoms with Crippen molar-refractivity contribution in [2.75, 3.05) is 20.2 Å². The van der Waals surface area contributed by atoms with Crippen LogP contribution in [0.2, 0.25) is 0 Å². The first-order valence-corrected chi connectivity index (χ1v) is 10.3. The Morgan fingerprint density at radius 3 is 2.54 bits per heavy atom. The van der Waals surface area contributed by atoms with Gasteiger partial charge in [-0.1, -0.05) is 43.7 Å². The number of amides is 2. The Balaban J connectivity index is 0.000000568. The Morgan fingerprint density at radius 1 is 1.36 bits per heavy atom. The maximum atomic E-state index is 11.9. The number of rotatable bonds is 9. The first kappa shape index (κ1) is 23.8. The highest BCUT2D eigenvalue weighted by molar-refractivity contribution is 5.77. The third-order valence-corrected chi connectivity index (χ3v) is 4.80. The minimum Gasteiger partial charge on any atom is -0.497 e. The summed E-state index contributed by atoms with van der Waals surface area (Å²) in [5, 5.41) is 3.08. The Labute approximate surface area is 171 Å². The van der Waals surface area contributed by atoms with E-state index in [0.717, 1.165) is 50.4 Å². The Bertz CT molecular complexity index is 620. The van der Waals surface area contributed by atoms with Crippen LogP contribution in [0.25, 0.3) is 0 Å². The molecule has 1 saturated heterocycles. The number of hydrogen-bond donors (Lipinski definition) is 1. The minimum atomic E-state index is 0.0654. The molecular weight excluding hydrogens is 348 g/mol. The number of aryl methyl sites for hydroxylation is 1. The zero-order valence-corrected chi connectivity index (χ0v) is 18.3. The van der Waals surface area contributed by atoms with Crippen molar-refractivity contribution in [2.45, 2.75) is 59.4 Å². The van der Waals surface area contributed by atoms with Gasteiger partial charge in [0.2, 0.25) is 0 Å². The molecule has 1 aliphatic heterocycles. The SMILES string of the molecule is C/C=C(\C)CN1CC(CCCc2ccc(OC)cc2)NC1=O.C=CCC(C)C. The van der Waals surface area contributed by atoms with Crippen LogP contribution in [-0.2, 0) is 6.42 Å². The second kappa shape index (κ2) is 13.0. The standard InChI is InChI=1S/C18H26N2O2.C6H12/c1-4-14(2)12-20-13-16(19-18(20)21)7-5-6-15-8-10-17(22-3)11-9-15;1-4-5-6(2)3/h4,8-11,16H,5-7,12-13H2,1-3H3,(H,19,21);4,6H,1,5H2,2-3H3/b14-4+;. The summed E-state index contributed by atoms with van der Waals surface area (Å²) in [4.78, 5) is 13.8. The molecule has 1 aliphatic rings. The van der Waals surface area contributed by atoms with Crippen LogP contribution in [0.15, 0.2) is 48.6 Å². The van der Waals surface area contributed by atoms with Crippen LogP contribution in [0.1, 0.15) is 52.5 Å². The fraction of sp³-hybridized carbons (Fsp3) is 0.542. The molecule has 1 atom stereocenters. The molecule has 4 heteroatoms. The largest absolute Gasteiger partial charge is 0.497 e. The highest BCUT2D eigenvalue weighted by atomic mass is 16.5. The molecular formula is C24H38N2O2. The maximum absolute atomic E-state index is 11.9. The second-order valence-corrected chi connectivity index (χ2v) is 7.82. The normalized spacial score (nSPS) is 16.5. The molecule has 0 bridgehead atoms. The van der Waals surface area contributed by atoms with E-state index in [-0.39, 0.29) is 12.1 Å². The number of nitrogens with zero attached hydrogens (tertiary/aromatic N) is 1. The fourth-order valence-corrected chi connectivity index (χ4v) is 3.03. The smallest absolute Gasteiger partial charge is 0.318 e. The molecule has 1 aromatic carbocycles.